The van der Waals surface area contributed by atoms with Gasteiger partial charge in [-0.1, -0.05) is 18.2 Å². The second-order valence-electron chi connectivity index (χ2n) is 7.01. The van der Waals surface area contributed by atoms with Gasteiger partial charge in [-0.2, -0.15) is 0 Å². The zero-order valence-corrected chi connectivity index (χ0v) is 18.6. The molecule has 0 saturated heterocycles. The van der Waals surface area contributed by atoms with Crippen LogP contribution in [0.25, 0.3) is 10.4 Å². The Morgan fingerprint density at radius 1 is 0.781 bits per heavy atom. The average Bonchev–Trinajstić information content (AvgIpc) is 3.34. The van der Waals surface area contributed by atoms with Gasteiger partial charge in [0.2, 0.25) is 0 Å². The summed E-state index contributed by atoms with van der Waals surface area (Å²) in [5.41, 5.74) is 1.94. The van der Waals surface area contributed by atoms with Crippen molar-refractivity contribution >= 4 is 17.2 Å². The van der Waals surface area contributed by atoms with E-state index >= 15 is 0 Å². The zero-order valence-electron chi connectivity index (χ0n) is 17.8. The lowest BCUT2D eigenvalue weighted by atomic mass is 10.2. The molecule has 6 heteroatoms. The van der Waals surface area contributed by atoms with Crippen molar-refractivity contribution in [2.24, 2.45) is 0 Å². The van der Waals surface area contributed by atoms with E-state index in [1.54, 1.807) is 20.3 Å². The van der Waals surface area contributed by atoms with E-state index in [9.17, 15) is 4.79 Å². The van der Waals surface area contributed by atoms with Gasteiger partial charge in [0.05, 0.1) is 19.1 Å². The molecule has 1 heterocycles. The summed E-state index contributed by atoms with van der Waals surface area (Å²) < 4.78 is 16.4. The molecule has 0 aliphatic carbocycles. The van der Waals surface area contributed by atoms with Crippen molar-refractivity contribution in [3.8, 4) is 33.4 Å². The van der Waals surface area contributed by atoms with Gasteiger partial charge >= 0.3 is 0 Å². The molecule has 0 bridgehead atoms. The van der Waals surface area contributed by atoms with E-state index in [0.29, 0.717) is 22.9 Å². The maximum absolute atomic E-state index is 12.6. The molecule has 1 aromatic heterocycles. The third-order valence-electron chi connectivity index (χ3n) is 4.81. The molecule has 0 radical (unpaired) electrons. The van der Waals surface area contributed by atoms with Crippen molar-refractivity contribution in [2.45, 2.75) is 6.54 Å². The second-order valence-corrected chi connectivity index (χ2v) is 8.09. The van der Waals surface area contributed by atoms with Crippen LogP contribution in [-0.2, 0) is 6.54 Å². The molecule has 4 rings (SSSR count). The van der Waals surface area contributed by atoms with E-state index in [1.807, 2.05) is 78.9 Å². The third-order valence-corrected chi connectivity index (χ3v) is 5.94. The Morgan fingerprint density at radius 2 is 1.44 bits per heavy atom. The Labute approximate surface area is 191 Å². The predicted octanol–water partition coefficient (Wildman–Crippen LogP) is 6.15. The first-order chi connectivity index (χ1) is 15.6. The first kappa shape index (κ1) is 21.5. The van der Waals surface area contributed by atoms with Gasteiger partial charge < -0.3 is 19.5 Å². The Morgan fingerprint density at radius 3 is 2.09 bits per heavy atom. The van der Waals surface area contributed by atoms with Crippen LogP contribution < -0.4 is 19.5 Å². The first-order valence-corrected chi connectivity index (χ1v) is 10.9. The van der Waals surface area contributed by atoms with E-state index in [0.717, 1.165) is 27.5 Å². The number of ether oxygens (including phenoxy) is 3. The van der Waals surface area contributed by atoms with Crippen molar-refractivity contribution in [3.63, 3.8) is 0 Å². The Bertz CT molecular complexity index is 1160. The molecule has 162 valence electrons. The quantitative estimate of drug-likeness (QED) is 0.353. The largest absolute Gasteiger partial charge is 0.497 e. The molecule has 1 N–H and O–H groups in total. The fourth-order valence-electron chi connectivity index (χ4n) is 3.16. The molecule has 5 nitrogen and oxygen atoms in total. The van der Waals surface area contributed by atoms with Crippen LogP contribution in [0.5, 0.6) is 23.0 Å². The average molecular weight is 446 g/mol. The Hall–Kier alpha value is -3.77. The van der Waals surface area contributed by atoms with Gasteiger partial charge in [-0.05, 0) is 71.8 Å². The summed E-state index contributed by atoms with van der Waals surface area (Å²) in [6.07, 6.45) is 0. The first-order valence-electron chi connectivity index (χ1n) is 10.1. The zero-order chi connectivity index (χ0) is 22.3. The molecule has 0 spiro atoms. The highest BCUT2D eigenvalue weighted by Gasteiger charge is 2.11. The predicted molar refractivity (Wildman–Crippen MR) is 127 cm³/mol. The number of thiophene rings is 1. The van der Waals surface area contributed by atoms with Crippen LogP contribution in [0.4, 0.5) is 0 Å². The van der Waals surface area contributed by atoms with E-state index in [1.165, 1.54) is 11.3 Å². The minimum Gasteiger partial charge on any atom is -0.497 e. The summed E-state index contributed by atoms with van der Waals surface area (Å²) >= 11 is 1.45. The SMILES string of the molecule is COc1cc(CNC(=O)c2ccc(-c3ccc(Oc4ccccc4)cc3)s2)cc(OC)c1. The number of rotatable bonds is 8. The number of hydrogen-bond donors (Lipinski definition) is 1. The summed E-state index contributed by atoms with van der Waals surface area (Å²) in [5.74, 6) is 2.82. The third kappa shape index (κ3) is 5.28. The summed E-state index contributed by atoms with van der Waals surface area (Å²) in [7, 11) is 3.20. The molecule has 1 amide bonds. The molecule has 0 unspecified atom stereocenters. The fraction of sp³-hybridized carbons (Fsp3) is 0.115. The lowest BCUT2D eigenvalue weighted by molar-refractivity contribution is 0.0955. The van der Waals surface area contributed by atoms with Crippen LogP contribution in [0.1, 0.15) is 15.2 Å². The van der Waals surface area contributed by atoms with Crippen molar-refractivity contribution in [1.29, 1.82) is 0 Å². The summed E-state index contributed by atoms with van der Waals surface area (Å²) in [6, 6.07) is 26.9. The molecule has 0 fully saturated rings. The van der Waals surface area contributed by atoms with Gasteiger partial charge in [-0.3, -0.25) is 4.79 Å². The highest BCUT2D eigenvalue weighted by Crippen LogP contribution is 2.31. The van der Waals surface area contributed by atoms with Crippen LogP contribution in [0.3, 0.4) is 0 Å². The Kier molecular flexibility index (Phi) is 6.72. The van der Waals surface area contributed by atoms with Crippen molar-refractivity contribution in [2.75, 3.05) is 14.2 Å². The van der Waals surface area contributed by atoms with E-state index in [4.69, 9.17) is 14.2 Å². The summed E-state index contributed by atoms with van der Waals surface area (Å²) in [6.45, 7) is 0.380. The maximum Gasteiger partial charge on any atom is 0.261 e. The topological polar surface area (TPSA) is 56.8 Å². The van der Waals surface area contributed by atoms with Gasteiger partial charge in [0.1, 0.15) is 23.0 Å². The second kappa shape index (κ2) is 10.0. The molecule has 0 aliphatic heterocycles. The minimum absolute atomic E-state index is 0.118. The number of nitrogens with one attached hydrogen (secondary N) is 1. The van der Waals surface area contributed by atoms with Crippen molar-refractivity contribution in [1.82, 2.24) is 5.32 Å². The number of methoxy groups -OCH3 is 2. The summed E-state index contributed by atoms with van der Waals surface area (Å²) in [5, 5.41) is 2.96. The number of para-hydroxylation sites is 1. The molecule has 0 saturated carbocycles. The molecular weight excluding hydrogens is 422 g/mol. The molecule has 0 aliphatic rings. The lowest BCUT2D eigenvalue weighted by Gasteiger charge is -2.09. The standard InChI is InChI=1S/C26H23NO4S/c1-29-22-14-18(15-23(16-22)30-2)17-27-26(28)25-13-12-24(32-25)19-8-10-21(11-9-19)31-20-6-4-3-5-7-20/h3-16H,17H2,1-2H3,(H,27,28). The molecule has 32 heavy (non-hydrogen) atoms. The van der Waals surface area contributed by atoms with Crippen molar-refractivity contribution < 1.29 is 19.0 Å². The monoisotopic (exact) mass is 445 g/mol. The van der Waals surface area contributed by atoms with Crippen LogP contribution in [0.2, 0.25) is 0 Å². The number of carbonyl (C=O) groups is 1. The van der Waals surface area contributed by atoms with Crippen LogP contribution in [-0.4, -0.2) is 20.1 Å². The van der Waals surface area contributed by atoms with Crippen molar-refractivity contribution in [3.05, 3.63) is 95.4 Å². The van der Waals surface area contributed by atoms with E-state index in [-0.39, 0.29) is 5.91 Å². The van der Waals surface area contributed by atoms with E-state index < -0.39 is 0 Å². The molecule has 3 aromatic carbocycles. The summed E-state index contributed by atoms with van der Waals surface area (Å²) in [4.78, 5) is 14.3. The number of amides is 1. The minimum atomic E-state index is -0.118. The fourth-order valence-corrected chi connectivity index (χ4v) is 4.09. The van der Waals surface area contributed by atoms with E-state index in [2.05, 4.69) is 5.32 Å². The highest BCUT2D eigenvalue weighted by molar-refractivity contribution is 7.17. The lowest BCUT2D eigenvalue weighted by Crippen LogP contribution is -2.21. The molecule has 0 atom stereocenters. The van der Waals surface area contributed by atoms with Gasteiger partial charge in [0.25, 0.3) is 5.91 Å². The van der Waals surface area contributed by atoms with Crippen LogP contribution in [0.15, 0.2) is 84.9 Å². The smallest absolute Gasteiger partial charge is 0.261 e. The normalized spacial score (nSPS) is 10.4. The number of carbonyl (C=O) groups excluding carboxylic acids is 1. The Balaban J connectivity index is 1.39. The molecule has 4 aromatic rings. The van der Waals surface area contributed by atoms with Crippen LogP contribution >= 0.6 is 11.3 Å². The van der Waals surface area contributed by atoms with Gasteiger partial charge in [0.15, 0.2) is 0 Å². The van der Waals surface area contributed by atoms with Gasteiger partial charge in [-0.25, -0.2) is 0 Å². The molecular formula is C26H23NO4S. The maximum atomic E-state index is 12.6. The van der Waals surface area contributed by atoms with Gasteiger partial charge in [0, 0.05) is 17.5 Å². The number of benzene rings is 3. The van der Waals surface area contributed by atoms with Crippen LogP contribution in [0, 0.1) is 0 Å². The highest BCUT2D eigenvalue weighted by atomic mass is 32.1. The van der Waals surface area contributed by atoms with Gasteiger partial charge in [-0.15, -0.1) is 11.3 Å². The number of hydrogen-bond acceptors (Lipinski definition) is 5.